The number of nitrogens with one attached hydrogen (secondary N) is 1. The van der Waals surface area contributed by atoms with Gasteiger partial charge in [0.2, 0.25) is 0 Å². The maximum Gasteiger partial charge on any atom is 0.331 e. The summed E-state index contributed by atoms with van der Waals surface area (Å²) in [5.41, 5.74) is 6.56. The van der Waals surface area contributed by atoms with Gasteiger partial charge in [0, 0.05) is 23.6 Å². The number of rotatable bonds is 6. The number of urea groups is 1. The molecular weight excluding hydrogens is 340 g/mol. The first-order valence-electron chi connectivity index (χ1n) is 8.25. The molecule has 3 amide bonds. The number of carbonyl (C=O) groups is 3. The lowest BCUT2D eigenvalue weighted by atomic mass is 10.1. The number of esters is 1. The summed E-state index contributed by atoms with van der Waals surface area (Å²) in [7, 11) is 0. The van der Waals surface area contributed by atoms with E-state index in [4.69, 9.17) is 19.9 Å². The van der Waals surface area contributed by atoms with Gasteiger partial charge in [0.05, 0.1) is 6.61 Å². The van der Waals surface area contributed by atoms with E-state index in [0.29, 0.717) is 17.9 Å². The maximum absolute atomic E-state index is 11.9. The van der Waals surface area contributed by atoms with Crippen LogP contribution in [-0.2, 0) is 20.7 Å². The van der Waals surface area contributed by atoms with E-state index < -0.39 is 24.0 Å². The third kappa shape index (κ3) is 4.98. The minimum absolute atomic E-state index is 0.0910. The molecule has 0 saturated heterocycles. The standard InChI is InChI=1S/C18H22N2O6/c1-4-24-14-9-13-7-10(2)25-15(13)8-12(14)5-6-16(21)26-11(3)17(22)20-18(19)23/h5-6,8-11H,4,7H2,1-3H3,(H3,19,20,22,23)/b6-5+/t10-,11+/m0/s1. The van der Waals surface area contributed by atoms with Crippen molar-refractivity contribution in [2.75, 3.05) is 6.61 Å². The lowest BCUT2D eigenvalue weighted by Crippen LogP contribution is -2.42. The Bertz CT molecular complexity index is 743. The van der Waals surface area contributed by atoms with Crippen LogP contribution in [0.15, 0.2) is 18.2 Å². The van der Waals surface area contributed by atoms with Crippen LogP contribution in [0, 0.1) is 0 Å². The number of hydrogen-bond donors (Lipinski definition) is 2. The van der Waals surface area contributed by atoms with Gasteiger partial charge in [0.25, 0.3) is 5.91 Å². The van der Waals surface area contributed by atoms with Crippen LogP contribution in [0.25, 0.3) is 6.08 Å². The lowest BCUT2D eigenvalue weighted by molar-refractivity contribution is -0.149. The molecule has 0 saturated carbocycles. The van der Waals surface area contributed by atoms with Crippen LogP contribution in [0.2, 0.25) is 0 Å². The molecule has 0 aromatic heterocycles. The van der Waals surface area contributed by atoms with Crippen molar-refractivity contribution in [2.45, 2.75) is 39.4 Å². The number of primary amides is 1. The van der Waals surface area contributed by atoms with E-state index in [9.17, 15) is 14.4 Å². The molecule has 8 heteroatoms. The van der Waals surface area contributed by atoms with E-state index in [0.717, 1.165) is 17.7 Å². The van der Waals surface area contributed by atoms with E-state index in [-0.39, 0.29) is 6.10 Å². The molecule has 8 nitrogen and oxygen atoms in total. The Balaban J connectivity index is 2.09. The molecule has 1 aliphatic rings. The Hall–Kier alpha value is -3.03. The second kappa shape index (κ2) is 8.37. The molecule has 1 aromatic carbocycles. The molecule has 1 aromatic rings. The van der Waals surface area contributed by atoms with Crippen LogP contribution in [0.5, 0.6) is 11.5 Å². The van der Waals surface area contributed by atoms with Gasteiger partial charge in [-0.05, 0) is 39.0 Å². The van der Waals surface area contributed by atoms with E-state index in [2.05, 4.69) is 0 Å². The molecule has 0 bridgehead atoms. The topological polar surface area (TPSA) is 117 Å². The van der Waals surface area contributed by atoms with Gasteiger partial charge in [-0.15, -0.1) is 0 Å². The van der Waals surface area contributed by atoms with E-state index in [1.54, 1.807) is 6.07 Å². The summed E-state index contributed by atoms with van der Waals surface area (Å²) >= 11 is 0. The van der Waals surface area contributed by atoms with Crippen molar-refractivity contribution in [2.24, 2.45) is 5.73 Å². The van der Waals surface area contributed by atoms with Gasteiger partial charge in [-0.3, -0.25) is 10.1 Å². The van der Waals surface area contributed by atoms with E-state index >= 15 is 0 Å². The number of benzene rings is 1. The molecule has 0 aliphatic carbocycles. The molecule has 0 fully saturated rings. The van der Waals surface area contributed by atoms with Gasteiger partial charge in [-0.2, -0.15) is 0 Å². The molecule has 2 rings (SSSR count). The predicted molar refractivity (Wildman–Crippen MR) is 93.7 cm³/mol. The average molecular weight is 362 g/mol. The van der Waals surface area contributed by atoms with Crippen molar-refractivity contribution in [3.63, 3.8) is 0 Å². The summed E-state index contributed by atoms with van der Waals surface area (Å²) in [5.74, 6) is -0.153. The first-order chi connectivity index (χ1) is 12.3. The largest absolute Gasteiger partial charge is 0.493 e. The van der Waals surface area contributed by atoms with Gasteiger partial charge < -0.3 is 19.9 Å². The minimum Gasteiger partial charge on any atom is -0.493 e. The first-order valence-corrected chi connectivity index (χ1v) is 8.25. The zero-order chi connectivity index (χ0) is 19.3. The van der Waals surface area contributed by atoms with E-state index in [1.807, 2.05) is 25.2 Å². The van der Waals surface area contributed by atoms with Crippen LogP contribution in [-0.4, -0.2) is 36.7 Å². The molecule has 1 heterocycles. The number of nitrogens with two attached hydrogens (primary N) is 1. The zero-order valence-electron chi connectivity index (χ0n) is 14.9. The van der Waals surface area contributed by atoms with Crippen LogP contribution >= 0.6 is 0 Å². The summed E-state index contributed by atoms with van der Waals surface area (Å²) in [6.45, 7) is 5.66. The minimum atomic E-state index is -1.16. The lowest BCUT2D eigenvalue weighted by Gasteiger charge is -2.11. The Kier molecular flexibility index (Phi) is 6.21. The molecule has 3 N–H and O–H groups in total. The van der Waals surface area contributed by atoms with Crippen molar-refractivity contribution in [3.8, 4) is 11.5 Å². The number of hydrogen-bond acceptors (Lipinski definition) is 6. The van der Waals surface area contributed by atoms with Gasteiger partial charge >= 0.3 is 12.0 Å². The van der Waals surface area contributed by atoms with Crippen molar-refractivity contribution in [1.82, 2.24) is 5.32 Å². The third-order valence-electron chi connectivity index (χ3n) is 3.64. The molecule has 140 valence electrons. The third-order valence-corrected chi connectivity index (χ3v) is 3.64. The Morgan fingerprint density at radius 1 is 1.42 bits per heavy atom. The number of ether oxygens (including phenoxy) is 3. The summed E-state index contributed by atoms with van der Waals surface area (Å²) in [5, 5.41) is 1.84. The summed E-state index contributed by atoms with van der Waals surface area (Å²) in [4.78, 5) is 34.0. The highest BCUT2D eigenvalue weighted by molar-refractivity contribution is 5.97. The first kappa shape index (κ1) is 19.3. The normalized spacial score (nSPS) is 16.5. The van der Waals surface area contributed by atoms with Gasteiger partial charge in [-0.25, -0.2) is 9.59 Å². The molecule has 26 heavy (non-hydrogen) atoms. The van der Waals surface area contributed by atoms with Crippen LogP contribution in [0.1, 0.15) is 31.9 Å². The fourth-order valence-corrected chi connectivity index (χ4v) is 2.51. The Morgan fingerprint density at radius 3 is 2.81 bits per heavy atom. The highest BCUT2D eigenvalue weighted by atomic mass is 16.5. The van der Waals surface area contributed by atoms with Crippen molar-refractivity contribution < 1.29 is 28.6 Å². The Labute approximate surface area is 151 Å². The van der Waals surface area contributed by atoms with E-state index in [1.165, 1.54) is 19.1 Å². The van der Waals surface area contributed by atoms with Crippen molar-refractivity contribution in [1.29, 1.82) is 0 Å². The van der Waals surface area contributed by atoms with Crippen LogP contribution < -0.4 is 20.5 Å². The maximum atomic E-state index is 11.9. The number of imide groups is 1. The number of fused-ring (bicyclic) bond motifs is 1. The molecule has 0 spiro atoms. The molecule has 0 unspecified atom stereocenters. The van der Waals surface area contributed by atoms with Crippen molar-refractivity contribution >= 4 is 24.0 Å². The molecule has 0 radical (unpaired) electrons. The number of carbonyl (C=O) groups excluding carboxylic acids is 3. The second-order valence-corrected chi connectivity index (χ2v) is 5.83. The van der Waals surface area contributed by atoms with Crippen molar-refractivity contribution in [3.05, 3.63) is 29.3 Å². The number of amides is 3. The van der Waals surface area contributed by atoms with Gasteiger partial charge in [0.15, 0.2) is 6.10 Å². The van der Waals surface area contributed by atoms with Crippen LogP contribution in [0.4, 0.5) is 4.79 Å². The summed E-state index contributed by atoms with van der Waals surface area (Å²) < 4.78 is 16.3. The quantitative estimate of drug-likeness (QED) is 0.586. The predicted octanol–water partition coefficient (Wildman–Crippen LogP) is 1.55. The summed E-state index contributed by atoms with van der Waals surface area (Å²) in [6.07, 6.45) is 2.44. The zero-order valence-corrected chi connectivity index (χ0v) is 14.9. The monoisotopic (exact) mass is 362 g/mol. The fraction of sp³-hybridized carbons (Fsp3) is 0.389. The smallest absolute Gasteiger partial charge is 0.331 e. The molecule has 1 aliphatic heterocycles. The summed E-state index contributed by atoms with van der Waals surface area (Å²) in [6, 6.07) is 2.69. The molecule has 2 atom stereocenters. The SMILES string of the molecule is CCOc1cc2c(cc1/C=C/C(=O)O[C@H](C)C(=O)NC(N)=O)O[C@@H](C)C2. The average Bonchev–Trinajstić information content (AvgIpc) is 2.91. The molecular formula is C18H22N2O6. The highest BCUT2D eigenvalue weighted by Crippen LogP contribution is 2.35. The van der Waals surface area contributed by atoms with Gasteiger partial charge in [-0.1, -0.05) is 0 Å². The fourth-order valence-electron chi connectivity index (χ4n) is 2.51. The Morgan fingerprint density at radius 2 is 2.15 bits per heavy atom. The second-order valence-electron chi connectivity index (χ2n) is 5.83. The highest BCUT2D eigenvalue weighted by Gasteiger charge is 2.22. The van der Waals surface area contributed by atoms with Gasteiger partial charge in [0.1, 0.15) is 17.6 Å². The van der Waals surface area contributed by atoms with Crippen LogP contribution in [0.3, 0.4) is 0 Å².